The highest BCUT2D eigenvalue weighted by atomic mass is 79.9. The highest BCUT2D eigenvalue weighted by Gasteiger charge is 2.65. The number of alkyl halides is 3. The minimum atomic E-state index is -2.62. The molecule has 0 bridgehead atoms. The van der Waals surface area contributed by atoms with Crippen LogP contribution in [0.15, 0.2) is 73.4 Å². The summed E-state index contributed by atoms with van der Waals surface area (Å²) in [5, 5.41) is 89.8. The van der Waals surface area contributed by atoms with E-state index in [0.29, 0.717) is 88.5 Å². The summed E-state index contributed by atoms with van der Waals surface area (Å²) in [5.41, 5.74) is 4.73. The molecular weight excluding hydrogens is 1720 g/mol. The number of rotatable bonds is 12. The summed E-state index contributed by atoms with van der Waals surface area (Å²) in [7, 11) is 0. The van der Waals surface area contributed by atoms with Crippen LogP contribution in [0.5, 0.6) is 0 Å². The van der Waals surface area contributed by atoms with E-state index in [1.807, 2.05) is 0 Å². The molecule has 2 aromatic rings. The van der Waals surface area contributed by atoms with Gasteiger partial charge >= 0.3 is 0 Å². The molecule has 18 heteroatoms. The Kier molecular flexibility index (Phi) is 28.4. The van der Waals surface area contributed by atoms with Gasteiger partial charge in [0, 0.05) is 10.7 Å². The van der Waals surface area contributed by atoms with Crippen molar-refractivity contribution in [3.63, 3.8) is 0 Å². The smallest absolute Gasteiger partial charge is 0.266 e. The molecule has 0 unspecified atom stereocenters. The first-order valence-electron chi connectivity index (χ1n) is 54.3. The van der Waals surface area contributed by atoms with Crippen LogP contribution in [0.3, 0.4) is 0 Å². The number of aliphatic hydroxyl groups is 6. The summed E-state index contributed by atoms with van der Waals surface area (Å²) in [6.07, 6.45) is 54.1. The Bertz CT molecular complexity index is 4340. The lowest BCUT2D eigenvalue weighted by Crippen LogP contribution is -2.52. The van der Waals surface area contributed by atoms with E-state index in [1.54, 1.807) is 9.59 Å². The van der Waals surface area contributed by atoms with Crippen LogP contribution < -0.4 is 0 Å². The average molecular weight is 1890 g/mol. The van der Waals surface area contributed by atoms with Gasteiger partial charge in [-0.3, -0.25) is 0 Å². The monoisotopic (exact) mass is 1890 g/mol. The molecule has 131 heavy (non-hydrogen) atoms. The second-order valence-electron chi connectivity index (χ2n) is 52.1. The van der Waals surface area contributed by atoms with E-state index in [2.05, 4.69) is 153 Å². The number of hydrogen-bond acceptors (Lipinski definition) is 12. The van der Waals surface area contributed by atoms with Crippen LogP contribution in [0.25, 0.3) is 0 Å². The van der Waals surface area contributed by atoms with E-state index >= 15 is 0 Å². The molecule has 6 N–H and O–H groups in total. The molecule has 0 amide bonds. The predicted octanol–water partition coefficient (Wildman–Crippen LogP) is 25.0. The van der Waals surface area contributed by atoms with Crippen molar-refractivity contribution in [2.24, 2.45) is 205 Å². The lowest BCUT2D eigenvalue weighted by atomic mass is 9.48. The van der Waals surface area contributed by atoms with Crippen LogP contribution >= 0.6 is 27.5 Å². The first-order valence-corrected chi connectivity index (χ1v) is 55.8. The zero-order valence-corrected chi connectivity index (χ0v) is 84.9. The fraction of sp³-hybridized carbons (Fsp3) is 0.876. The van der Waals surface area contributed by atoms with Crippen LogP contribution in [0, 0.1) is 216 Å². The van der Waals surface area contributed by atoms with Crippen LogP contribution in [0.1, 0.15) is 351 Å². The lowest BCUT2D eigenvalue weighted by Gasteiger charge is -2.57. The number of fused-ring (bicyclic) bond motifs is 25. The fourth-order valence-electron chi connectivity index (χ4n) is 40.2. The molecule has 14 nitrogen and oxygen atoms in total. The first-order chi connectivity index (χ1) is 62.3. The Morgan fingerprint density at radius 2 is 0.656 bits per heavy atom. The molecule has 0 aliphatic heterocycles. The number of allylic oxidation sites excluding steroid dienone is 4. The molecule has 20 saturated carbocycles. The highest BCUT2D eigenvalue weighted by molar-refractivity contribution is 9.09. The normalized spacial score (nSPS) is 50.2. The second kappa shape index (κ2) is 38.0. The Morgan fingerprint density at radius 1 is 0.366 bits per heavy atom. The van der Waals surface area contributed by atoms with Crippen molar-refractivity contribution in [3.05, 3.63) is 73.4 Å². The van der Waals surface area contributed by atoms with Gasteiger partial charge in [0.25, 0.3) is 6.43 Å². The molecule has 2 heterocycles. The molecule has 0 spiro atoms. The number of aromatic nitrogens is 8. The predicted molar refractivity (Wildman–Crippen MR) is 522 cm³/mol. The number of hydrogen-bond donors (Lipinski definition) is 6. The van der Waals surface area contributed by atoms with Gasteiger partial charge in [0.2, 0.25) is 0 Å². The van der Waals surface area contributed by atoms with Crippen molar-refractivity contribution in [2.75, 3.05) is 11.9 Å². The van der Waals surface area contributed by atoms with Crippen LogP contribution in [0.2, 0.25) is 0 Å². The van der Waals surface area contributed by atoms with Gasteiger partial charge in [-0.25, -0.2) is 8.78 Å². The lowest BCUT2D eigenvalue weighted by molar-refractivity contribution is -0.159. The van der Waals surface area contributed by atoms with Crippen molar-refractivity contribution >= 4 is 27.5 Å². The molecule has 22 rings (SSSR count). The van der Waals surface area contributed by atoms with Crippen molar-refractivity contribution < 1.29 is 39.4 Å². The summed E-state index contributed by atoms with van der Waals surface area (Å²) >= 11 is 9.30. The Hall–Kier alpha value is -3.21. The second-order valence-corrected chi connectivity index (χ2v) is 52.9. The summed E-state index contributed by atoms with van der Waals surface area (Å²) in [6, 6.07) is 0. The van der Waals surface area contributed by atoms with Gasteiger partial charge in [-0.05, 0) is 549 Å². The van der Waals surface area contributed by atoms with Gasteiger partial charge in [0.15, 0.2) is 12.7 Å². The number of tetrazole rings is 2. The van der Waals surface area contributed by atoms with Crippen molar-refractivity contribution in [3.8, 4) is 11.3 Å². The maximum Gasteiger partial charge on any atom is 0.266 e. The zero-order valence-electron chi connectivity index (χ0n) is 82.5. The molecule has 730 valence electrons. The van der Waals surface area contributed by atoms with E-state index in [-0.39, 0.29) is 35.6 Å². The number of aliphatic hydroxyl groups excluding tert-OH is 1. The molecule has 20 fully saturated rings. The quantitative estimate of drug-likeness (QED) is 0.0666. The van der Waals surface area contributed by atoms with Gasteiger partial charge in [-0.2, -0.15) is 9.59 Å². The minimum absolute atomic E-state index is 0.168. The summed E-state index contributed by atoms with van der Waals surface area (Å²) in [5.74, 6) is 26.1. The van der Waals surface area contributed by atoms with Crippen LogP contribution in [0.4, 0.5) is 8.78 Å². The Morgan fingerprint density at radius 3 is 0.962 bits per heavy atom. The summed E-state index contributed by atoms with van der Waals surface area (Å²) in [4.78, 5) is 3.30. The number of nitrogens with zero attached hydrogens (tertiary/aromatic N) is 8. The third-order valence-corrected chi connectivity index (χ3v) is 46.7. The molecule has 0 saturated heterocycles. The van der Waals surface area contributed by atoms with E-state index in [1.165, 1.54) is 234 Å². The van der Waals surface area contributed by atoms with Crippen molar-refractivity contribution in [1.82, 2.24) is 40.4 Å². The standard InChI is InChI=1S/C24H33ClN4O.C23H34F2N4O.C22H35BrO.C22H36O2.C22H36O/c1-16(14-29-27-15-26-28-29)21-5-6-22-20-4-3-17-13-24(30,11-12-25)10-8-18(17)19(20)7-9-23(21,22)2;1-14(12-29-27-13-26-28-29)19-5-6-20-18-4-3-15-11-23(30,21(24)25)10-8-16(15)17(18)7-9-22(19,20)2;2*1-14(13-23)19-6-7-20-18-5-4-15-12-21(2,24)10-8-16(15)17(18)9-11-22(19,20)3;1-14(2)19-7-8-20-18-6-5-15-13-21(3,23)11-9-16(15)17(18)10-12-22(19,20)4/h15,17-22,30H,1,3-10,13-14H2,2H3;13,15-21,30H,1,3-12H2,2H3;15-20,24H,1,4-13H2,2-3H3;15-20,23-24H,1,4-13H2,2-3H3;15-20,23H,1,5-13H2,2-4H3/t17-,18+,19-,20-,21-,22+,23-,24+;15-,16+,17-,18-,19-,20+,22-,23-;3*15-,16-,17+,18+,19+,20-,21+,22+/m11000/s1. The zero-order chi connectivity index (χ0) is 92.7. The van der Waals surface area contributed by atoms with Gasteiger partial charge in [0.05, 0.1) is 36.5 Å². The first kappa shape index (κ1) is 98.0. The largest absolute Gasteiger partial charge is 0.392 e. The molecule has 20 aliphatic rings. The van der Waals surface area contributed by atoms with E-state index in [4.69, 9.17) is 11.6 Å². The molecule has 0 aromatic carbocycles. The summed E-state index contributed by atoms with van der Waals surface area (Å²) in [6.45, 7) is 44.5. The van der Waals surface area contributed by atoms with Gasteiger partial charge < -0.3 is 30.6 Å². The van der Waals surface area contributed by atoms with E-state index < -0.39 is 23.2 Å². The Labute approximate surface area is 802 Å². The third kappa shape index (κ3) is 18.4. The minimum Gasteiger partial charge on any atom is -0.392 e. The average Bonchev–Trinajstić information content (AvgIpc) is 1.64. The topological polar surface area (TPSA) is 209 Å². The molecule has 2 aromatic heterocycles. The third-order valence-electron chi connectivity index (χ3n) is 45.9. The molecular formula is C113H174BrClF2N8O6. The Balaban J connectivity index is 0.000000111. The van der Waals surface area contributed by atoms with Crippen molar-refractivity contribution in [2.45, 2.75) is 399 Å². The fourth-order valence-corrected chi connectivity index (χ4v) is 40.8. The molecule has 20 aliphatic carbocycles. The van der Waals surface area contributed by atoms with Gasteiger partial charge in [-0.1, -0.05) is 112 Å². The SMILES string of the molecule is C=C(C)[C@H]1CC[C@H]2[C@@H]3CC[C@H]4C[C@](C)(O)CC[C@@H]4[C@H]3CC[C@]12C.C=C(CBr)[C@H]1CC[C@H]2[C@@H]3CC[C@H]4C[C@](C)(O)CC[C@@H]4[C@H]3CC[C@]12C.C=C(CO)[C@H]1CC[C@H]2[C@@H]3CC[C@H]4C[C@](C)(O)CC[C@@H]4[C@H]3CC[C@]12C.C=C(Cn1ncnn1)[C@H]1CC[C@H]2[C@@H]3CC[C@@H]4C[C@@](O)(C#CCl)CC[C@@H]4[C@H]3CC[C@]12C.C=C(Cn1ncnn1)[C@H]1CC[C@H]2[C@@H]3CC[C@@H]4C[C@@](O)(C(F)F)CC[C@@H]4[C@H]3CC[C@]12C. The van der Waals surface area contributed by atoms with Gasteiger partial charge in [0.1, 0.15) is 11.2 Å². The molecule has 0 radical (unpaired) electrons. The van der Waals surface area contributed by atoms with Gasteiger partial charge in [-0.15, -0.1) is 20.4 Å². The van der Waals surface area contributed by atoms with Crippen LogP contribution in [-0.2, 0) is 13.1 Å². The molecule has 40 atom stereocenters. The highest BCUT2D eigenvalue weighted by Crippen LogP contribution is 2.73. The van der Waals surface area contributed by atoms with E-state index in [0.717, 1.165) is 212 Å². The maximum absolute atomic E-state index is 13.4. The summed E-state index contributed by atoms with van der Waals surface area (Å²) < 4.78 is 26.8. The maximum atomic E-state index is 13.4. The van der Waals surface area contributed by atoms with E-state index in [9.17, 15) is 39.4 Å². The number of halogens is 4. The van der Waals surface area contributed by atoms with Crippen LogP contribution in [-0.4, -0.2) is 117 Å². The van der Waals surface area contributed by atoms with Crippen molar-refractivity contribution in [1.29, 1.82) is 0 Å².